The van der Waals surface area contributed by atoms with Crippen LogP contribution in [0.5, 0.6) is 0 Å². The van der Waals surface area contributed by atoms with Gasteiger partial charge in [0.25, 0.3) is 0 Å². The number of carbonyl (C=O) groups excluding carboxylic acids is 1. The summed E-state index contributed by atoms with van der Waals surface area (Å²) >= 11 is 0. The van der Waals surface area contributed by atoms with Crippen LogP contribution in [0.3, 0.4) is 0 Å². The molecule has 0 radical (unpaired) electrons. The third-order valence-electron chi connectivity index (χ3n) is 4.08. The molecule has 24 heavy (non-hydrogen) atoms. The molecule has 1 atom stereocenters. The summed E-state index contributed by atoms with van der Waals surface area (Å²) in [6.45, 7) is 8.67. The van der Waals surface area contributed by atoms with Crippen LogP contribution in [0.25, 0.3) is 0 Å². The summed E-state index contributed by atoms with van der Waals surface area (Å²) in [5, 5.41) is 6.65. The number of aliphatic imine (C=N–C) groups is 1. The van der Waals surface area contributed by atoms with Gasteiger partial charge in [0.15, 0.2) is 5.96 Å². The highest BCUT2D eigenvalue weighted by molar-refractivity contribution is 14.0. The Hall–Kier alpha value is -1.31. The summed E-state index contributed by atoms with van der Waals surface area (Å²) in [5.41, 5.74) is 2.13. The maximum absolute atomic E-state index is 11.8. The molecule has 2 rings (SSSR count). The van der Waals surface area contributed by atoms with E-state index in [4.69, 9.17) is 0 Å². The van der Waals surface area contributed by atoms with Gasteiger partial charge in [-0.1, -0.05) is 19.1 Å². The standard InChI is InChI=1S/C18H28N4O.HI/c1-4-14(3)21-18(19-5-2)20-13-15-8-10-16(11-9-15)22-12-6-7-17(22)23;/h8-11,14H,4-7,12-13H2,1-3H3,(H2,19,20,21);1H. The minimum absolute atomic E-state index is 0. The zero-order valence-electron chi connectivity index (χ0n) is 14.8. The average Bonchev–Trinajstić information content (AvgIpc) is 2.99. The lowest BCUT2D eigenvalue weighted by atomic mass is 10.2. The molecule has 0 spiro atoms. The number of halogens is 1. The van der Waals surface area contributed by atoms with Crippen LogP contribution in [-0.4, -0.2) is 31.0 Å². The Morgan fingerprint density at radius 3 is 2.54 bits per heavy atom. The molecule has 1 aliphatic heterocycles. The van der Waals surface area contributed by atoms with E-state index in [-0.39, 0.29) is 29.9 Å². The Morgan fingerprint density at radius 1 is 1.29 bits per heavy atom. The second-order valence-corrected chi connectivity index (χ2v) is 5.96. The number of nitrogens with zero attached hydrogens (tertiary/aromatic N) is 2. The molecule has 1 aromatic rings. The molecular formula is C18H29IN4O. The highest BCUT2D eigenvalue weighted by atomic mass is 127. The molecular weight excluding hydrogens is 415 g/mol. The van der Waals surface area contributed by atoms with Gasteiger partial charge >= 0.3 is 0 Å². The number of nitrogens with one attached hydrogen (secondary N) is 2. The lowest BCUT2D eigenvalue weighted by molar-refractivity contribution is -0.117. The van der Waals surface area contributed by atoms with Crippen molar-refractivity contribution in [1.82, 2.24) is 10.6 Å². The van der Waals surface area contributed by atoms with Crippen LogP contribution in [0.2, 0.25) is 0 Å². The molecule has 1 unspecified atom stereocenters. The molecule has 2 N–H and O–H groups in total. The Morgan fingerprint density at radius 2 is 2.00 bits per heavy atom. The Kier molecular flexibility index (Phi) is 9.10. The van der Waals surface area contributed by atoms with E-state index in [2.05, 4.69) is 48.5 Å². The van der Waals surface area contributed by atoms with Gasteiger partial charge in [0.1, 0.15) is 0 Å². The van der Waals surface area contributed by atoms with E-state index in [0.717, 1.165) is 43.1 Å². The van der Waals surface area contributed by atoms with Crippen LogP contribution >= 0.6 is 24.0 Å². The number of guanidine groups is 1. The van der Waals surface area contributed by atoms with Gasteiger partial charge in [-0.3, -0.25) is 4.79 Å². The van der Waals surface area contributed by atoms with Crippen molar-refractivity contribution in [2.24, 2.45) is 4.99 Å². The molecule has 1 saturated heterocycles. The molecule has 1 fully saturated rings. The van der Waals surface area contributed by atoms with Crippen LogP contribution in [0, 0.1) is 0 Å². The molecule has 5 nitrogen and oxygen atoms in total. The van der Waals surface area contributed by atoms with E-state index in [1.165, 1.54) is 0 Å². The summed E-state index contributed by atoms with van der Waals surface area (Å²) in [5.74, 6) is 1.07. The summed E-state index contributed by atoms with van der Waals surface area (Å²) in [4.78, 5) is 18.3. The van der Waals surface area contributed by atoms with Gasteiger partial charge in [0, 0.05) is 31.2 Å². The van der Waals surface area contributed by atoms with E-state index in [0.29, 0.717) is 19.0 Å². The van der Waals surface area contributed by atoms with Crippen molar-refractivity contribution in [3.8, 4) is 0 Å². The topological polar surface area (TPSA) is 56.7 Å². The van der Waals surface area contributed by atoms with E-state index in [1.807, 2.05) is 17.0 Å². The monoisotopic (exact) mass is 444 g/mol. The Labute approximate surface area is 162 Å². The van der Waals surface area contributed by atoms with Gasteiger partial charge in [-0.2, -0.15) is 0 Å². The van der Waals surface area contributed by atoms with E-state index >= 15 is 0 Å². The fraction of sp³-hybridized carbons (Fsp3) is 0.556. The number of anilines is 1. The second kappa shape index (κ2) is 10.5. The van der Waals surface area contributed by atoms with Gasteiger partial charge in [-0.25, -0.2) is 4.99 Å². The van der Waals surface area contributed by atoms with Crippen molar-refractivity contribution >= 4 is 41.5 Å². The van der Waals surface area contributed by atoms with Crippen molar-refractivity contribution in [3.05, 3.63) is 29.8 Å². The second-order valence-electron chi connectivity index (χ2n) is 5.96. The van der Waals surface area contributed by atoms with Gasteiger partial charge in [0.2, 0.25) is 5.91 Å². The van der Waals surface area contributed by atoms with Crippen LogP contribution < -0.4 is 15.5 Å². The smallest absolute Gasteiger partial charge is 0.227 e. The number of benzene rings is 1. The van der Waals surface area contributed by atoms with Crippen molar-refractivity contribution in [3.63, 3.8) is 0 Å². The molecule has 1 amide bonds. The van der Waals surface area contributed by atoms with Crippen molar-refractivity contribution in [1.29, 1.82) is 0 Å². The Bertz CT molecular complexity index is 544. The molecule has 0 aromatic heterocycles. The van der Waals surface area contributed by atoms with E-state index < -0.39 is 0 Å². The van der Waals surface area contributed by atoms with E-state index in [9.17, 15) is 4.79 Å². The van der Waals surface area contributed by atoms with Gasteiger partial charge in [0.05, 0.1) is 6.54 Å². The highest BCUT2D eigenvalue weighted by Crippen LogP contribution is 2.21. The third-order valence-corrected chi connectivity index (χ3v) is 4.08. The SMILES string of the molecule is CCNC(=NCc1ccc(N2CCCC2=O)cc1)NC(C)CC.I. The normalized spacial score (nSPS) is 15.9. The van der Waals surface area contributed by atoms with Crippen LogP contribution in [0.15, 0.2) is 29.3 Å². The molecule has 6 heteroatoms. The predicted octanol–water partition coefficient (Wildman–Crippen LogP) is 3.29. The molecule has 0 bridgehead atoms. The zero-order valence-corrected chi connectivity index (χ0v) is 17.2. The van der Waals surface area contributed by atoms with Crippen LogP contribution in [0.4, 0.5) is 5.69 Å². The molecule has 0 aliphatic carbocycles. The molecule has 1 heterocycles. The third kappa shape index (κ3) is 5.96. The molecule has 134 valence electrons. The summed E-state index contributed by atoms with van der Waals surface area (Å²) in [7, 11) is 0. The maximum Gasteiger partial charge on any atom is 0.227 e. The molecule has 0 saturated carbocycles. The number of hydrogen-bond donors (Lipinski definition) is 2. The van der Waals surface area contributed by atoms with Gasteiger partial charge < -0.3 is 15.5 Å². The summed E-state index contributed by atoms with van der Waals surface area (Å²) in [6, 6.07) is 8.54. The van der Waals surface area contributed by atoms with Crippen molar-refractivity contribution < 1.29 is 4.79 Å². The first-order valence-corrected chi connectivity index (χ1v) is 8.58. The van der Waals surface area contributed by atoms with E-state index in [1.54, 1.807) is 0 Å². The predicted molar refractivity (Wildman–Crippen MR) is 111 cm³/mol. The van der Waals surface area contributed by atoms with Crippen LogP contribution in [0.1, 0.15) is 45.6 Å². The van der Waals surface area contributed by atoms with Crippen molar-refractivity contribution in [2.45, 2.75) is 52.6 Å². The first-order valence-electron chi connectivity index (χ1n) is 8.58. The number of hydrogen-bond acceptors (Lipinski definition) is 2. The van der Waals surface area contributed by atoms with Gasteiger partial charge in [-0.05, 0) is 44.4 Å². The van der Waals surface area contributed by atoms with Crippen molar-refractivity contribution in [2.75, 3.05) is 18.0 Å². The first kappa shape index (κ1) is 20.7. The van der Waals surface area contributed by atoms with Gasteiger partial charge in [-0.15, -0.1) is 24.0 Å². The Balaban J connectivity index is 0.00000288. The molecule has 1 aromatic carbocycles. The fourth-order valence-corrected chi connectivity index (χ4v) is 2.53. The number of amides is 1. The fourth-order valence-electron chi connectivity index (χ4n) is 2.53. The number of rotatable bonds is 6. The summed E-state index contributed by atoms with van der Waals surface area (Å²) < 4.78 is 0. The molecule has 1 aliphatic rings. The summed E-state index contributed by atoms with van der Waals surface area (Å²) in [6.07, 6.45) is 2.68. The minimum Gasteiger partial charge on any atom is -0.357 e. The zero-order chi connectivity index (χ0) is 16.7. The number of carbonyl (C=O) groups is 1. The average molecular weight is 444 g/mol. The van der Waals surface area contributed by atoms with Crippen LogP contribution in [-0.2, 0) is 11.3 Å². The largest absolute Gasteiger partial charge is 0.357 e. The maximum atomic E-state index is 11.8. The quantitative estimate of drug-likeness (QED) is 0.402. The lowest BCUT2D eigenvalue weighted by Gasteiger charge is -2.17. The minimum atomic E-state index is 0. The first-order chi connectivity index (χ1) is 11.1. The highest BCUT2D eigenvalue weighted by Gasteiger charge is 2.21. The lowest BCUT2D eigenvalue weighted by Crippen LogP contribution is -2.41.